The van der Waals surface area contributed by atoms with E-state index < -0.39 is 0 Å². The van der Waals surface area contributed by atoms with Gasteiger partial charge in [0.05, 0.1) is 11.6 Å². The van der Waals surface area contributed by atoms with Gasteiger partial charge in [-0.05, 0) is 30.9 Å². The van der Waals surface area contributed by atoms with Crippen LogP contribution in [-0.2, 0) is 0 Å². The van der Waals surface area contributed by atoms with E-state index in [1.807, 2.05) is 0 Å². The molecule has 17 heavy (non-hydrogen) atoms. The van der Waals surface area contributed by atoms with E-state index in [4.69, 9.17) is 11.6 Å². The molecule has 5 nitrogen and oxygen atoms in total. The highest BCUT2D eigenvalue weighted by Gasteiger charge is 2.24. The summed E-state index contributed by atoms with van der Waals surface area (Å²) in [6, 6.07) is 0.395. The Morgan fingerprint density at radius 2 is 2.35 bits per heavy atom. The smallest absolute Gasteiger partial charge is 0.226 e. The van der Waals surface area contributed by atoms with Crippen LogP contribution in [-0.4, -0.2) is 26.2 Å². The van der Waals surface area contributed by atoms with Gasteiger partial charge in [-0.1, -0.05) is 12.8 Å². The van der Waals surface area contributed by atoms with Gasteiger partial charge < -0.3 is 5.32 Å². The third-order valence-corrected chi connectivity index (χ3v) is 3.22. The van der Waals surface area contributed by atoms with Gasteiger partial charge in [0, 0.05) is 6.04 Å². The Labute approximate surface area is 104 Å². The van der Waals surface area contributed by atoms with Gasteiger partial charge in [-0.25, -0.2) is 0 Å². The van der Waals surface area contributed by atoms with Gasteiger partial charge in [-0.2, -0.15) is 15.1 Å². The Morgan fingerprint density at radius 1 is 1.53 bits per heavy atom. The molecule has 6 heteroatoms. The Morgan fingerprint density at radius 3 is 3.12 bits per heavy atom. The summed E-state index contributed by atoms with van der Waals surface area (Å²) in [5.41, 5.74) is 0.672. The molecule has 0 saturated heterocycles. The number of anilines is 1. The van der Waals surface area contributed by atoms with E-state index in [-0.39, 0.29) is 5.28 Å². The lowest BCUT2D eigenvalue weighted by Gasteiger charge is -2.14. The number of aromatic nitrogens is 4. The summed E-state index contributed by atoms with van der Waals surface area (Å²) >= 11 is 5.87. The lowest BCUT2D eigenvalue weighted by Crippen LogP contribution is -2.17. The average Bonchev–Trinajstić information content (AvgIpc) is 2.94. The first kappa shape index (κ1) is 10.8. The summed E-state index contributed by atoms with van der Waals surface area (Å²) in [5.74, 6) is 1.65. The maximum absolute atomic E-state index is 5.87. The molecule has 0 radical (unpaired) electrons. The molecule has 0 bridgehead atoms. The number of fused-ring (bicyclic) bond motifs is 1. The molecule has 1 aliphatic carbocycles. The van der Waals surface area contributed by atoms with E-state index >= 15 is 0 Å². The van der Waals surface area contributed by atoms with Gasteiger partial charge in [0.1, 0.15) is 5.82 Å². The first-order valence-electron chi connectivity index (χ1n) is 5.85. The molecule has 0 spiro atoms. The van der Waals surface area contributed by atoms with Crippen molar-refractivity contribution in [2.75, 3.05) is 5.32 Å². The Kier molecular flexibility index (Phi) is 2.63. The largest absolute Gasteiger partial charge is 0.367 e. The third kappa shape index (κ3) is 2.34. The number of nitrogens with zero attached hydrogens (tertiary/aromatic N) is 3. The fraction of sp³-hybridized carbons (Fsp3) is 0.545. The zero-order chi connectivity index (χ0) is 11.8. The second kappa shape index (κ2) is 4.14. The highest BCUT2D eigenvalue weighted by molar-refractivity contribution is 6.28. The highest BCUT2D eigenvalue weighted by atomic mass is 35.5. The van der Waals surface area contributed by atoms with E-state index in [1.165, 1.54) is 19.3 Å². The lowest BCUT2D eigenvalue weighted by molar-refractivity contribution is 0.640. The van der Waals surface area contributed by atoms with Crippen molar-refractivity contribution >= 4 is 28.5 Å². The molecule has 1 atom stereocenters. The first-order chi connectivity index (χ1) is 8.22. The molecule has 0 aromatic carbocycles. The minimum Gasteiger partial charge on any atom is -0.367 e. The van der Waals surface area contributed by atoms with Crippen LogP contribution in [0.1, 0.15) is 26.2 Å². The Hall–Kier alpha value is -1.36. The van der Waals surface area contributed by atoms with Crippen molar-refractivity contribution in [3.05, 3.63) is 11.5 Å². The van der Waals surface area contributed by atoms with Gasteiger partial charge in [-0.15, -0.1) is 0 Å². The molecule has 0 amide bonds. The molecule has 2 aromatic rings. The predicted molar refractivity (Wildman–Crippen MR) is 67.1 cm³/mol. The number of rotatable bonds is 4. The second-order valence-electron chi connectivity index (χ2n) is 4.70. The fourth-order valence-corrected chi connectivity index (χ4v) is 2.23. The minimum atomic E-state index is 0.239. The summed E-state index contributed by atoms with van der Waals surface area (Å²) in [6.45, 7) is 2.17. The average molecular weight is 252 g/mol. The van der Waals surface area contributed by atoms with Crippen LogP contribution in [0.2, 0.25) is 5.28 Å². The second-order valence-corrected chi connectivity index (χ2v) is 5.04. The molecule has 1 unspecified atom stereocenters. The van der Waals surface area contributed by atoms with E-state index in [1.54, 1.807) is 6.20 Å². The number of nitrogens with one attached hydrogen (secondary N) is 2. The normalized spacial score (nSPS) is 17.3. The number of halogens is 1. The van der Waals surface area contributed by atoms with Crippen LogP contribution < -0.4 is 5.32 Å². The van der Waals surface area contributed by atoms with Crippen molar-refractivity contribution in [3.8, 4) is 0 Å². The Bertz CT molecular complexity index is 534. The summed E-state index contributed by atoms with van der Waals surface area (Å²) in [5, 5.41) is 11.3. The van der Waals surface area contributed by atoms with E-state index in [0.29, 0.717) is 11.7 Å². The maximum Gasteiger partial charge on any atom is 0.226 e. The zero-order valence-electron chi connectivity index (χ0n) is 9.57. The molecular weight excluding hydrogens is 238 g/mol. The van der Waals surface area contributed by atoms with Crippen LogP contribution in [0.4, 0.5) is 5.82 Å². The SMILES string of the molecule is CC(CC1CC1)Nc1nc(Cl)nc2[nH]ncc12. The maximum atomic E-state index is 5.87. The summed E-state index contributed by atoms with van der Waals surface area (Å²) in [7, 11) is 0. The quantitative estimate of drug-likeness (QED) is 0.820. The van der Waals surface area contributed by atoms with Crippen molar-refractivity contribution < 1.29 is 0 Å². The van der Waals surface area contributed by atoms with Crippen LogP contribution in [0.15, 0.2) is 6.20 Å². The molecule has 2 N–H and O–H groups in total. The van der Waals surface area contributed by atoms with Crippen molar-refractivity contribution in [1.29, 1.82) is 0 Å². The molecule has 1 fully saturated rings. The van der Waals surface area contributed by atoms with Crippen LogP contribution in [0.3, 0.4) is 0 Å². The van der Waals surface area contributed by atoms with Crippen molar-refractivity contribution in [2.24, 2.45) is 5.92 Å². The van der Waals surface area contributed by atoms with Crippen LogP contribution >= 0.6 is 11.6 Å². The fourth-order valence-electron chi connectivity index (χ4n) is 2.06. The molecule has 2 aromatic heterocycles. The molecule has 2 heterocycles. The molecule has 1 saturated carbocycles. The molecule has 3 rings (SSSR count). The van der Waals surface area contributed by atoms with Crippen LogP contribution in [0.25, 0.3) is 11.0 Å². The van der Waals surface area contributed by atoms with E-state index in [9.17, 15) is 0 Å². The van der Waals surface area contributed by atoms with Crippen molar-refractivity contribution in [3.63, 3.8) is 0 Å². The van der Waals surface area contributed by atoms with Gasteiger partial charge in [0.25, 0.3) is 0 Å². The Balaban J connectivity index is 1.84. The van der Waals surface area contributed by atoms with Crippen LogP contribution in [0.5, 0.6) is 0 Å². The zero-order valence-corrected chi connectivity index (χ0v) is 10.3. The predicted octanol–water partition coefficient (Wildman–Crippen LogP) is 2.61. The number of hydrogen-bond acceptors (Lipinski definition) is 4. The molecule has 90 valence electrons. The topological polar surface area (TPSA) is 66.5 Å². The van der Waals surface area contributed by atoms with Crippen molar-refractivity contribution in [1.82, 2.24) is 20.2 Å². The number of H-pyrrole nitrogens is 1. The van der Waals surface area contributed by atoms with Gasteiger partial charge in [0.15, 0.2) is 5.65 Å². The summed E-state index contributed by atoms with van der Waals surface area (Å²) in [6.07, 6.45) is 5.62. The third-order valence-electron chi connectivity index (χ3n) is 3.05. The highest BCUT2D eigenvalue weighted by Crippen LogP contribution is 2.34. The minimum absolute atomic E-state index is 0.239. The molecule has 0 aliphatic heterocycles. The van der Waals surface area contributed by atoms with E-state index in [0.717, 1.165) is 17.1 Å². The van der Waals surface area contributed by atoms with Gasteiger partial charge in [0.2, 0.25) is 5.28 Å². The lowest BCUT2D eigenvalue weighted by atomic mass is 10.1. The van der Waals surface area contributed by atoms with Crippen LogP contribution in [0, 0.1) is 5.92 Å². The number of aromatic amines is 1. The molecule has 1 aliphatic rings. The first-order valence-corrected chi connectivity index (χ1v) is 6.23. The van der Waals surface area contributed by atoms with Gasteiger partial charge >= 0.3 is 0 Å². The standard InChI is InChI=1S/C11H14ClN5/c1-6(4-7-2-3-7)14-9-8-5-13-17-10(8)16-11(12)15-9/h5-7H,2-4H2,1H3,(H2,13,14,15,16,17). The number of hydrogen-bond donors (Lipinski definition) is 2. The van der Waals surface area contributed by atoms with E-state index in [2.05, 4.69) is 32.4 Å². The monoisotopic (exact) mass is 251 g/mol. The summed E-state index contributed by atoms with van der Waals surface area (Å²) in [4.78, 5) is 8.30. The molecular formula is C11H14ClN5. The van der Waals surface area contributed by atoms with Gasteiger partial charge in [-0.3, -0.25) is 5.10 Å². The van der Waals surface area contributed by atoms with Crippen molar-refractivity contribution in [2.45, 2.75) is 32.2 Å². The summed E-state index contributed by atoms with van der Waals surface area (Å²) < 4.78 is 0.